The molecule has 2 aromatic rings. The number of benzene rings is 2. The van der Waals surface area contributed by atoms with E-state index in [1.54, 1.807) is 0 Å². The molecule has 1 saturated heterocycles. The van der Waals surface area contributed by atoms with Crippen molar-refractivity contribution in [1.82, 2.24) is 10.2 Å². The number of hydrogen-bond acceptors (Lipinski definition) is 4. The molecule has 1 N–H and O–H groups in total. The maximum Gasteiger partial charge on any atom is 0.251 e. The van der Waals surface area contributed by atoms with Crippen molar-refractivity contribution < 1.29 is 14.3 Å². The van der Waals surface area contributed by atoms with E-state index in [0.717, 1.165) is 44.2 Å². The molecular weight excluding hydrogens is 328 g/mol. The molecule has 0 saturated carbocycles. The lowest BCUT2D eigenvalue weighted by atomic mass is 10.1. The Balaban J connectivity index is 1.52. The molecule has 0 bridgehead atoms. The van der Waals surface area contributed by atoms with Crippen molar-refractivity contribution in [3.63, 3.8) is 0 Å². The molecule has 1 heterocycles. The quantitative estimate of drug-likeness (QED) is 0.831. The summed E-state index contributed by atoms with van der Waals surface area (Å²) in [5.41, 5.74) is 2.91. The highest BCUT2D eigenvalue weighted by Gasteiger charge is 2.11. The Bertz CT molecular complexity index is 709. The second-order valence-electron chi connectivity index (χ2n) is 6.35. The Morgan fingerprint density at radius 2 is 1.88 bits per heavy atom. The third-order valence-corrected chi connectivity index (χ3v) is 4.39. The lowest BCUT2D eigenvalue weighted by Crippen LogP contribution is -2.35. The lowest BCUT2D eigenvalue weighted by molar-refractivity contribution is 0.0342. The molecule has 2 aromatic carbocycles. The summed E-state index contributed by atoms with van der Waals surface area (Å²) in [4.78, 5) is 14.7. The van der Waals surface area contributed by atoms with Crippen molar-refractivity contribution in [2.45, 2.75) is 20.0 Å². The van der Waals surface area contributed by atoms with Crippen LogP contribution < -0.4 is 10.1 Å². The molecule has 0 radical (unpaired) electrons. The Kier molecular flexibility index (Phi) is 6.63. The Morgan fingerprint density at radius 1 is 1.12 bits per heavy atom. The minimum atomic E-state index is -0.0651. The van der Waals surface area contributed by atoms with Crippen LogP contribution in [0.15, 0.2) is 48.5 Å². The van der Waals surface area contributed by atoms with E-state index < -0.39 is 0 Å². The third kappa shape index (κ3) is 5.31. The van der Waals surface area contributed by atoms with Gasteiger partial charge in [-0.15, -0.1) is 0 Å². The van der Waals surface area contributed by atoms with Crippen LogP contribution in [0.5, 0.6) is 5.75 Å². The number of nitrogens with one attached hydrogen (secondary N) is 1. The normalized spacial score (nSPS) is 14.8. The minimum Gasteiger partial charge on any atom is -0.494 e. The van der Waals surface area contributed by atoms with Gasteiger partial charge in [0.15, 0.2) is 0 Å². The van der Waals surface area contributed by atoms with E-state index in [-0.39, 0.29) is 5.91 Å². The van der Waals surface area contributed by atoms with Gasteiger partial charge in [0.05, 0.1) is 19.8 Å². The molecular formula is C21H26N2O3. The number of morpholine rings is 1. The van der Waals surface area contributed by atoms with Crippen molar-refractivity contribution in [2.75, 3.05) is 32.9 Å². The fraction of sp³-hybridized carbons (Fsp3) is 0.381. The second kappa shape index (κ2) is 9.36. The second-order valence-corrected chi connectivity index (χ2v) is 6.35. The van der Waals surface area contributed by atoms with E-state index >= 15 is 0 Å². The highest BCUT2D eigenvalue weighted by Crippen LogP contribution is 2.14. The highest BCUT2D eigenvalue weighted by molar-refractivity contribution is 5.94. The smallest absolute Gasteiger partial charge is 0.251 e. The van der Waals surface area contributed by atoms with Gasteiger partial charge >= 0.3 is 0 Å². The zero-order valence-corrected chi connectivity index (χ0v) is 15.2. The minimum absolute atomic E-state index is 0.0651. The van der Waals surface area contributed by atoms with Gasteiger partial charge in [0.2, 0.25) is 0 Å². The van der Waals surface area contributed by atoms with Crippen molar-refractivity contribution >= 4 is 5.91 Å². The Morgan fingerprint density at radius 3 is 2.62 bits per heavy atom. The van der Waals surface area contributed by atoms with Crippen LogP contribution in [0.3, 0.4) is 0 Å². The van der Waals surface area contributed by atoms with Crippen LogP contribution in [0.4, 0.5) is 0 Å². The van der Waals surface area contributed by atoms with E-state index in [9.17, 15) is 4.79 Å². The van der Waals surface area contributed by atoms with Gasteiger partial charge in [-0.25, -0.2) is 0 Å². The van der Waals surface area contributed by atoms with Crippen LogP contribution in [0, 0.1) is 0 Å². The first-order chi connectivity index (χ1) is 12.7. The maximum absolute atomic E-state index is 12.4. The molecule has 1 fully saturated rings. The molecule has 26 heavy (non-hydrogen) atoms. The zero-order chi connectivity index (χ0) is 18.2. The third-order valence-electron chi connectivity index (χ3n) is 4.39. The molecule has 138 valence electrons. The van der Waals surface area contributed by atoms with Crippen LogP contribution >= 0.6 is 0 Å². The van der Waals surface area contributed by atoms with E-state index in [0.29, 0.717) is 18.7 Å². The van der Waals surface area contributed by atoms with Gasteiger partial charge < -0.3 is 14.8 Å². The van der Waals surface area contributed by atoms with Crippen LogP contribution in [0.25, 0.3) is 0 Å². The van der Waals surface area contributed by atoms with Gasteiger partial charge in [-0.2, -0.15) is 0 Å². The van der Waals surface area contributed by atoms with Crippen LogP contribution in [-0.4, -0.2) is 43.7 Å². The van der Waals surface area contributed by atoms with Crippen LogP contribution in [0.1, 0.15) is 28.4 Å². The lowest BCUT2D eigenvalue weighted by Gasteiger charge is -2.26. The topological polar surface area (TPSA) is 50.8 Å². The maximum atomic E-state index is 12.4. The summed E-state index contributed by atoms with van der Waals surface area (Å²) < 4.78 is 10.9. The summed E-state index contributed by atoms with van der Waals surface area (Å²) in [5.74, 6) is 0.761. The summed E-state index contributed by atoms with van der Waals surface area (Å²) in [6.07, 6.45) is 0. The predicted molar refractivity (Wildman–Crippen MR) is 101 cm³/mol. The van der Waals surface area contributed by atoms with Crippen LogP contribution in [-0.2, 0) is 17.8 Å². The molecule has 1 aliphatic rings. The van der Waals surface area contributed by atoms with Gasteiger partial charge in [-0.1, -0.05) is 24.3 Å². The largest absolute Gasteiger partial charge is 0.494 e. The van der Waals surface area contributed by atoms with Crippen molar-refractivity contribution in [2.24, 2.45) is 0 Å². The number of nitrogens with zero attached hydrogens (tertiary/aromatic N) is 1. The monoisotopic (exact) mass is 354 g/mol. The summed E-state index contributed by atoms with van der Waals surface area (Å²) >= 11 is 0. The first-order valence-corrected chi connectivity index (χ1v) is 9.13. The zero-order valence-electron chi connectivity index (χ0n) is 15.2. The van der Waals surface area contributed by atoms with E-state index in [4.69, 9.17) is 9.47 Å². The Hall–Kier alpha value is -2.37. The van der Waals surface area contributed by atoms with Gasteiger partial charge in [0, 0.05) is 31.7 Å². The number of hydrogen-bond donors (Lipinski definition) is 1. The number of ether oxygens (including phenoxy) is 2. The molecule has 0 aromatic heterocycles. The van der Waals surface area contributed by atoms with Gasteiger partial charge in [-0.05, 0) is 42.3 Å². The average molecular weight is 354 g/mol. The number of carbonyl (C=O) groups is 1. The van der Waals surface area contributed by atoms with Gasteiger partial charge in [-0.3, -0.25) is 9.69 Å². The summed E-state index contributed by atoms with van der Waals surface area (Å²) in [7, 11) is 0. The van der Waals surface area contributed by atoms with Gasteiger partial charge in [0.25, 0.3) is 5.91 Å². The summed E-state index contributed by atoms with van der Waals surface area (Å²) in [5, 5.41) is 2.96. The van der Waals surface area contributed by atoms with Crippen LogP contribution in [0.2, 0.25) is 0 Å². The number of carbonyl (C=O) groups excluding carboxylic acids is 1. The van der Waals surface area contributed by atoms with Gasteiger partial charge in [0.1, 0.15) is 5.75 Å². The number of amides is 1. The fourth-order valence-corrected chi connectivity index (χ4v) is 2.98. The molecule has 1 amide bonds. The van der Waals surface area contributed by atoms with Crippen molar-refractivity contribution in [3.05, 3.63) is 65.2 Å². The summed E-state index contributed by atoms with van der Waals surface area (Å²) in [6.45, 7) is 7.48. The molecule has 0 aliphatic carbocycles. The molecule has 5 heteroatoms. The van der Waals surface area contributed by atoms with Crippen molar-refractivity contribution in [3.8, 4) is 5.75 Å². The number of rotatable bonds is 7. The molecule has 0 unspecified atom stereocenters. The first-order valence-electron chi connectivity index (χ1n) is 9.13. The van der Waals surface area contributed by atoms with Crippen molar-refractivity contribution in [1.29, 1.82) is 0 Å². The van der Waals surface area contributed by atoms with E-state index in [2.05, 4.69) is 10.2 Å². The molecule has 5 nitrogen and oxygen atoms in total. The predicted octanol–water partition coefficient (Wildman–Crippen LogP) is 2.85. The summed E-state index contributed by atoms with van der Waals surface area (Å²) in [6, 6.07) is 15.6. The molecule has 0 atom stereocenters. The van der Waals surface area contributed by atoms with E-state index in [1.807, 2.05) is 55.5 Å². The molecule has 3 rings (SSSR count). The standard InChI is InChI=1S/C21H26N2O3/c1-2-26-20-5-3-4-18(14-20)15-22-21(24)19-8-6-17(7-9-19)16-23-10-12-25-13-11-23/h3-9,14H,2,10-13,15-16H2,1H3,(H,22,24). The molecule has 1 aliphatic heterocycles. The Labute approximate surface area is 154 Å². The van der Waals surface area contributed by atoms with E-state index in [1.165, 1.54) is 5.56 Å². The SMILES string of the molecule is CCOc1cccc(CNC(=O)c2ccc(CN3CCOCC3)cc2)c1. The average Bonchev–Trinajstić information content (AvgIpc) is 2.68. The fourth-order valence-electron chi connectivity index (χ4n) is 2.98. The highest BCUT2D eigenvalue weighted by atomic mass is 16.5. The molecule has 0 spiro atoms. The first kappa shape index (κ1) is 18.4.